The topological polar surface area (TPSA) is 73.5 Å². The fraction of sp³-hybridized carbons (Fsp3) is 0.222. The molecule has 0 heterocycles. The molecule has 1 aromatic rings. The molecule has 0 spiro atoms. The Morgan fingerprint density at radius 1 is 1.53 bits per heavy atom. The molecule has 1 rings (SSSR count). The molecule has 0 aromatic heterocycles. The molecule has 0 radical (unpaired) electrons. The normalized spacial score (nSPS) is 9.53. The number of alkyl halides is 1. The zero-order valence-electron chi connectivity index (χ0n) is 8.07. The summed E-state index contributed by atoms with van der Waals surface area (Å²) in [5, 5.41) is 27.6. The van der Waals surface area contributed by atoms with Crippen LogP contribution in [0.15, 0.2) is 12.1 Å². The van der Waals surface area contributed by atoms with Crippen LogP contribution in [0.5, 0.6) is 5.75 Å². The van der Waals surface area contributed by atoms with Gasteiger partial charge in [-0.2, -0.15) is 5.26 Å². The van der Waals surface area contributed by atoms with E-state index in [-0.39, 0.29) is 11.2 Å². The van der Waals surface area contributed by atoms with E-state index < -0.39 is 7.12 Å². The summed E-state index contributed by atoms with van der Waals surface area (Å²) in [6.07, 6.45) is 0. The van der Waals surface area contributed by atoms with Crippen molar-refractivity contribution in [3.05, 3.63) is 23.3 Å². The summed E-state index contributed by atoms with van der Waals surface area (Å²) in [5.74, 6) is 0.212. The smallest absolute Gasteiger partial charge is 0.492 e. The highest BCUT2D eigenvalue weighted by Gasteiger charge is 2.21. The summed E-state index contributed by atoms with van der Waals surface area (Å²) in [7, 11) is -0.253. The van der Waals surface area contributed by atoms with Gasteiger partial charge < -0.3 is 14.8 Å². The summed E-state index contributed by atoms with van der Waals surface area (Å²) in [4.78, 5) is 0. The molecule has 0 saturated heterocycles. The van der Waals surface area contributed by atoms with Crippen LogP contribution in [0.3, 0.4) is 0 Å². The Morgan fingerprint density at radius 2 is 2.20 bits per heavy atom. The van der Waals surface area contributed by atoms with Crippen LogP contribution in [0.1, 0.15) is 11.1 Å². The van der Waals surface area contributed by atoms with Crippen molar-refractivity contribution in [1.29, 1.82) is 5.26 Å². The Labute approximate surface area is 96.4 Å². The van der Waals surface area contributed by atoms with Gasteiger partial charge in [0.2, 0.25) is 0 Å². The van der Waals surface area contributed by atoms with Gasteiger partial charge in [-0.3, -0.25) is 0 Å². The van der Waals surface area contributed by atoms with E-state index >= 15 is 0 Å². The second kappa shape index (κ2) is 5.17. The molecule has 15 heavy (non-hydrogen) atoms. The van der Waals surface area contributed by atoms with Crippen LogP contribution in [0.4, 0.5) is 0 Å². The molecule has 6 heteroatoms. The van der Waals surface area contributed by atoms with Gasteiger partial charge in [0, 0.05) is 10.8 Å². The number of halogens is 1. The van der Waals surface area contributed by atoms with Crippen LogP contribution in [0.25, 0.3) is 0 Å². The summed E-state index contributed by atoms with van der Waals surface area (Å²) in [6.45, 7) is 0. The highest BCUT2D eigenvalue weighted by atomic mass is 79.9. The van der Waals surface area contributed by atoms with Gasteiger partial charge in [0.1, 0.15) is 11.8 Å². The Kier molecular flexibility index (Phi) is 4.15. The van der Waals surface area contributed by atoms with Crippen molar-refractivity contribution in [3.8, 4) is 11.8 Å². The second-order valence-electron chi connectivity index (χ2n) is 2.84. The van der Waals surface area contributed by atoms with Crippen molar-refractivity contribution in [2.75, 3.05) is 7.11 Å². The number of ether oxygens (including phenoxy) is 1. The number of methoxy groups -OCH3 is 1. The first-order valence-corrected chi connectivity index (χ1v) is 5.29. The second-order valence-corrected chi connectivity index (χ2v) is 3.40. The van der Waals surface area contributed by atoms with Gasteiger partial charge in [0.05, 0.1) is 12.7 Å². The molecular formula is C9H9BBrNO3. The monoisotopic (exact) mass is 269 g/mol. The zero-order valence-corrected chi connectivity index (χ0v) is 9.65. The largest absolute Gasteiger partial charge is 0.496 e. The quantitative estimate of drug-likeness (QED) is 0.605. The third kappa shape index (κ3) is 2.32. The van der Waals surface area contributed by atoms with Crippen LogP contribution < -0.4 is 10.2 Å². The fourth-order valence-corrected chi connectivity index (χ4v) is 1.76. The molecule has 0 atom stereocenters. The van der Waals surface area contributed by atoms with Gasteiger partial charge >= 0.3 is 7.12 Å². The van der Waals surface area contributed by atoms with E-state index in [9.17, 15) is 0 Å². The van der Waals surface area contributed by atoms with Crippen LogP contribution in [0, 0.1) is 11.3 Å². The number of benzene rings is 1. The Bertz CT molecular complexity index is 403. The highest BCUT2D eigenvalue weighted by Crippen LogP contribution is 2.21. The Balaban J connectivity index is 3.43. The molecule has 78 valence electrons. The summed E-state index contributed by atoms with van der Waals surface area (Å²) in [5.41, 5.74) is 1.26. The molecule has 0 bridgehead atoms. The third-order valence-electron chi connectivity index (χ3n) is 2.01. The van der Waals surface area contributed by atoms with Crippen molar-refractivity contribution < 1.29 is 14.8 Å². The maximum absolute atomic E-state index is 9.07. The van der Waals surface area contributed by atoms with E-state index in [1.807, 2.05) is 6.07 Å². The number of hydrogen-bond acceptors (Lipinski definition) is 4. The van der Waals surface area contributed by atoms with Crippen LogP contribution in [-0.2, 0) is 5.33 Å². The Hall–Kier alpha value is -1.03. The molecule has 0 fully saturated rings. The van der Waals surface area contributed by atoms with Gasteiger partial charge in [-0.25, -0.2) is 0 Å². The number of nitriles is 1. The lowest BCUT2D eigenvalue weighted by Gasteiger charge is -2.11. The van der Waals surface area contributed by atoms with Crippen molar-refractivity contribution in [1.82, 2.24) is 0 Å². The summed E-state index contributed by atoms with van der Waals surface area (Å²) >= 11 is 3.24. The van der Waals surface area contributed by atoms with Gasteiger partial charge in [0.25, 0.3) is 0 Å². The molecule has 2 N–H and O–H groups in total. The molecule has 1 aromatic carbocycles. The third-order valence-corrected chi connectivity index (χ3v) is 2.62. The summed E-state index contributed by atoms with van der Waals surface area (Å²) in [6, 6.07) is 5.17. The fourth-order valence-electron chi connectivity index (χ4n) is 1.30. The van der Waals surface area contributed by atoms with Crippen molar-refractivity contribution in [3.63, 3.8) is 0 Å². The first-order valence-electron chi connectivity index (χ1n) is 4.17. The molecule has 4 nitrogen and oxygen atoms in total. The van der Waals surface area contributed by atoms with Crippen LogP contribution in [-0.4, -0.2) is 24.3 Å². The average Bonchev–Trinajstić information content (AvgIpc) is 2.26. The van der Waals surface area contributed by atoms with Crippen LogP contribution >= 0.6 is 15.9 Å². The van der Waals surface area contributed by atoms with E-state index in [1.165, 1.54) is 13.2 Å². The lowest BCUT2D eigenvalue weighted by Crippen LogP contribution is -2.32. The van der Waals surface area contributed by atoms with Crippen LogP contribution in [0.2, 0.25) is 0 Å². The minimum atomic E-state index is -1.64. The molecular weight excluding hydrogens is 261 g/mol. The van der Waals surface area contributed by atoms with E-state index in [4.69, 9.17) is 20.0 Å². The Morgan fingerprint density at radius 3 is 2.60 bits per heavy atom. The van der Waals surface area contributed by atoms with Gasteiger partial charge in [-0.15, -0.1) is 0 Å². The van der Waals surface area contributed by atoms with Crippen molar-refractivity contribution >= 4 is 28.5 Å². The number of nitrogens with zero attached hydrogens (tertiary/aromatic N) is 1. The minimum absolute atomic E-state index is 0.193. The predicted molar refractivity (Wildman–Crippen MR) is 60.2 cm³/mol. The van der Waals surface area contributed by atoms with Gasteiger partial charge in [-0.05, 0) is 5.56 Å². The SMILES string of the molecule is COc1c(B(O)O)ccc(CBr)c1C#N. The van der Waals surface area contributed by atoms with Gasteiger partial charge in [-0.1, -0.05) is 28.1 Å². The maximum Gasteiger partial charge on any atom is 0.492 e. The average molecular weight is 270 g/mol. The molecule has 0 aliphatic heterocycles. The first-order chi connectivity index (χ1) is 7.15. The van der Waals surface area contributed by atoms with Crippen molar-refractivity contribution in [2.45, 2.75) is 5.33 Å². The van der Waals surface area contributed by atoms with Gasteiger partial charge in [0.15, 0.2) is 0 Å². The molecule has 0 saturated carbocycles. The van der Waals surface area contributed by atoms with E-state index in [1.54, 1.807) is 6.07 Å². The number of hydrogen-bond donors (Lipinski definition) is 2. The lowest BCUT2D eigenvalue weighted by molar-refractivity contribution is 0.402. The zero-order chi connectivity index (χ0) is 11.4. The molecule has 0 aliphatic carbocycles. The maximum atomic E-state index is 9.07. The lowest BCUT2D eigenvalue weighted by atomic mass is 9.78. The minimum Gasteiger partial charge on any atom is -0.496 e. The predicted octanol–water partition coefficient (Wildman–Crippen LogP) is 0.142. The molecule has 0 aliphatic rings. The highest BCUT2D eigenvalue weighted by molar-refractivity contribution is 9.08. The van der Waals surface area contributed by atoms with E-state index in [2.05, 4.69) is 15.9 Å². The molecule has 0 amide bonds. The van der Waals surface area contributed by atoms with Crippen molar-refractivity contribution in [2.24, 2.45) is 0 Å². The van der Waals surface area contributed by atoms with E-state index in [0.717, 1.165) is 5.56 Å². The summed E-state index contributed by atoms with van der Waals surface area (Å²) < 4.78 is 5.01. The number of rotatable bonds is 3. The van der Waals surface area contributed by atoms with E-state index in [0.29, 0.717) is 10.9 Å². The first kappa shape index (κ1) is 12.0. The standard InChI is InChI=1S/C9H9BBrNO3/c1-15-9-7(5-12)6(4-11)2-3-8(9)10(13)14/h2-3,13-14H,4H2,1H3. The molecule has 0 unspecified atom stereocenters.